The number of fused-ring (bicyclic) bond motifs is 2. The third-order valence-electron chi connectivity index (χ3n) is 6.29. The van der Waals surface area contributed by atoms with Crippen LogP contribution in [0.5, 0.6) is 17.2 Å². The van der Waals surface area contributed by atoms with Gasteiger partial charge in [0.2, 0.25) is 18.4 Å². The van der Waals surface area contributed by atoms with E-state index in [0.717, 1.165) is 35.3 Å². The molecule has 0 N–H and O–H groups in total. The number of anilines is 1. The number of nitrogens with zero attached hydrogens (tertiary/aromatic N) is 8. The summed E-state index contributed by atoms with van der Waals surface area (Å²) in [7, 11) is 7.40. The van der Waals surface area contributed by atoms with Crippen molar-refractivity contribution in [3.8, 4) is 34.4 Å². The van der Waals surface area contributed by atoms with E-state index in [-0.39, 0.29) is 12.8 Å². The lowest BCUT2D eigenvalue weighted by Gasteiger charge is -2.34. The van der Waals surface area contributed by atoms with Crippen molar-refractivity contribution in [3.05, 3.63) is 47.3 Å². The van der Waals surface area contributed by atoms with Gasteiger partial charge in [0.15, 0.2) is 17.3 Å². The van der Waals surface area contributed by atoms with Gasteiger partial charge in [-0.25, -0.2) is 0 Å². The van der Waals surface area contributed by atoms with Crippen molar-refractivity contribution in [1.29, 1.82) is 0 Å². The first-order valence-corrected chi connectivity index (χ1v) is 11.1. The van der Waals surface area contributed by atoms with E-state index in [9.17, 15) is 0 Å². The summed E-state index contributed by atoms with van der Waals surface area (Å²) in [5, 5.41) is 20.9. The molecular formula is C23H24N8O4. The molecule has 0 amide bonds. The maximum Gasteiger partial charge on any atom is 0.317 e. The van der Waals surface area contributed by atoms with Gasteiger partial charge in [0.05, 0.1) is 12.8 Å². The number of ether oxygens (including phenoxy) is 3. The molecule has 0 aliphatic carbocycles. The molecule has 12 heteroatoms. The van der Waals surface area contributed by atoms with Gasteiger partial charge in [-0.3, -0.25) is 4.90 Å². The summed E-state index contributed by atoms with van der Waals surface area (Å²) in [5.41, 5.74) is 3.73. The second kappa shape index (κ2) is 8.24. The number of rotatable bonds is 5. The van der Waals surface area contributed by atoms with Crippen LogP contribution >= 0.6 is 0 Å². The summed E-state index contributed by atoms with van der Waals surface area (Å²) in [6.45, 7) is 1.01. The molecule has 180 valence electrons. The first-order chi connectivity index (χ1) is 17.0. The molecule has 1 atom stereocenters. The van der Waals surface area contributed by atoms with Gasteiger partial charge in [-0.1, -0.05) is 5.10 Å². The van der Waals surface area contributed by atoms with Gasteiger partial charge in [-0.05, 0) is 59.8 Å². The van der Waals surface area contributed by atoms with Crippen molar-refractivity contribution in [1.82, 2.24) is 35.3 Å². The quantitative estimate of drug-likeness (QED) is 0.421. The summed E-state index contributed by atoms with van der Waals surface area (Å²) >= 11 is 0. The van der Waals surface area contributed by atoms with Crippen molar-refractivity contribution in [2.45, 2.75) is 12.5 Å². The molecule has 0 fully saturated rings. The fourth-order valence-electron chi connectivity index (χ4n) is 4.57. The van der Waals surface area contributed by atoms with Gasteiger partial charge in [-0.2, -0.15) is 4.68 Å². The lowest BCUT2D eigenvalue weighted by molar-refractivity contribution is 0.170. The van der Waals surface area contributed by atoms with E-state index in [1.807, 2.05) is 44.4 Å². The molecular weight excluding hydrogens is 452 g/mol. The Balaban J connectivity index is 1.40. The van der Waals surface area contributed by atoms with E-state index < -0.39 is 0 Å². The molecule has 0 saturated carbocycles. The van der Waals surface area contributed by atoms with Crippen LogP contribution in [-0.4, -0.2) is 76.9 Å². The number of methoxy groups -OCH3 is 1. The van der Waals surface area contributed by atoms with Gasteiger partial charge < -0.3 is 23.5 Å². The third kappa shape index (κ3) is 3.44. The van der Waals surface area contributed by atoms with Crippen LogP contribution in [0, 0.1) is 0 Å². The Labute approximate surface area is 201 Å². The predicted octanol–water partition coefficient (Wildman–Crippen LogP) is 2.09. The second-order valence-electron chi connectivity index (χ2n) is 8.63. The molecule has 0 bridgehead atoms. The first kappa shape index (κ1) is 21.4. The first-order valence-electron chi connectivity index (χ1n) is 11.1. The zero-order chi connectivity index (χ0) is 24.1. The van der Waals surface area contributed by atoms with Gasteiger partial charge in [0.25, 0.3) is 0 Å². The largest absolute Gasteiger partial charge is 0.492 e. The second-order valence-corrected chi connectivity index (χ2v) is 8.63. The molecule has 2 aliphatic rings. The molecule has 0 radical (unpaired) electrons. The van der Waals surface area contributed by atoms with E-state index >= 15 is 0 Å². The van der Waals surface area contributed by atoms with Crippen LogP contribution in [-0.2, 0) is 6.42 Å². The lowest BCUT2D eigenvalue weighted by Crippen LogP contribution is -2.35. The van der Waals surface area contributed by atoms with Crippen LogP contribution in [0.3, 0.4) is 0 Å². The van der Waals surface area contributed by atoms with Crippen LogP contribution in [0.4, 0.5) is 6.01 Å². The normalized spacial score (nSPS) is 16.9. The number of aromatic nitrogens is 6. The Kier molecular flexibility index (Phi) is 5.02. The summed E-state index contributed by atoms with van der Waals surface area (Å²) in [6, 6.07) is 9.91. The average molecular weight is 476 g/mol. The monoisotopic (exact) mass is 476 g/mol. The molecule has 0 spiro atoms. The minimum Gasteiger partial charge on any atom is -0.492 e. The number of hydrogen-bond acceptors (Lipinski definition) is 11. The van der Waals surface area contributed by atoms with Gasteiger partial charge >= 0.3 is 6.01 Å². The molecule has 2 aliphatic heterocycles. The van der Waals surface area contributed by atoms with Crippen molar-refractivity contribution in [3.63, 3.8) is 0 Å². The van der Waals surface area contributed by atoms with Gasteiger partial charge in [0.1, 0.15) is 6.04 Å². The van der Waals surface area contributed by atoms with Crippen LogP contribution in [0.1, 0.15) is 23.0 Å². The van der Waals surface area contributed by atoms with E-state index in [0.29, 0.717) is 35.0 Å². The van der Waals surface area contributed by atoms with Crippen molar-refractivity contribution < 1.29 is 18.6 Å². The molecule has 4 heterocycles. The zero-order valence-electron chi connectivity index (χ0n) is 19.8. The summed E-state index contributed by atoms with van der Waals surface area (Å²) in [6.07, 6.45) is 0.852. The highest BCUT2D eigenvalue weighted by atomic mass is 16.7. The molecule has 2 aromatic carbocycles. The highest BCUT2D eigenvalue weighted by Crippen LogP contribution is 2.50. The molecule has 2 aromatic heterocycles. The Morgan fingerprint density at radius 2 is 1.91 bits per heavy atom. The molecule has 4 aromatic rings. The van der Waals surface area contributed by atoms with Crippen molar-refractivity contribution in [2.24, 2.45) is 0 Å². The van der Waals surface area contributed by atoms with Crippen molar-refractivity contribution >= 4 is 6.01 Å². The predicted molar refractivity (Wildman–Crippen MR) is 124 cm³/mol. The number of benzene rings is 2. The van der Waals surface area contributed by atoms with Crippen LogP contribution in [0.25, 0.3) is 17.1 Å². The summed E-state index contributed by atoms with van der Waals surface area (Å²) < 4.78 is 24.6. The van der Waals surface area contributed by atoms with Gasteiger partial charge in [-0.15, -0.1) is 10.2 Å². The Morgan fingerprint density at radius 3 is 2.66 bits per heavy atom. The topological polar surface area (TPSA) is 117 Å². The zero-order valence-corrected chi connectivity index (χ0v) is 19.8. The van der Waals surface area contributed by atoms with E-state index in [1.54, 1.807) is 16.7 Å². The number of likely N-dealkylation sites (N-methyl/N-ethyl adjacent to an activating group) is 1. The minimum atomic E-state index is -0.239. The molecule has 0 saturated heterocycles. The minimum absolute atomic E-state index is 0.176. The standard InChI is InChI=1S/C23H24N8O4/c1-29(2)23-26-25-22(35-23)13-5-7-15(8-6-13)31-21(24-27-28-31)18-17-14(9-10-30(18)3)11-16-19(20(17)32-4)34-12-33-16/h5-8,11,18H,9-10,12H2,1-4H3/t18-/m0/s1. The highest BCUT2D eigenvalue weighted by Gasteiger charge is 2.37. The van der Waals surface area contributed by atoms with Crippen LogP contribution in [0.15, 0.2) is 34.7 Å². The third-order valence-corrected chi connectivity index (χ3v) is 6.29. The fraction of sp³-hybridized carbons (Fsp3) is 0.348. The van der Waals surface area contributed by atoms with Gasteiger partial charge in [0, 0.05) is 31.8 Å². The van der Waals surface area contributed by atoms with Crippen LogP contribution in [0.2, 0.25) is 0 Å². The molecule has 0 unspecified atom stereocenters. The number of tetrazole rings is 1. The van der Waals surface area contributed by atoms with E-state index in [4.69, 9.17) is 18.6 Å². The van der Waals surface area contributed by atoms with Crippen LogP contribution < -0.4 is 19.1 Å². The summed E-state index contributed by atoms with van der Waals surface area (Å²) in [5.74, 6) is 3.10. The van der Waals surface area contributed by atoms with Crippen molar-refractivity contribution in [2.75, 3.05) is 46.5 Å². The maximum atomic E-state index is 5.82. The van der Waals surface area contributed by atoms with E-state index in [2.05, 4.69) is 37.7 Å². The maximum absolute atomic E-state index is 5.82. The fourth-order valence-corrected chi connectivity index (χ4v) is 4.57. The molecule has 6 rings (SSSR count). The number of hydrogen-bond donors (Lipinski definition) is 0. The average Bonchev–Trinajstić information content (AvgIpc) is 3.63. The lowest BCUT2D eigenvalue weighted by atomic mass is 9.90. The summed E-state index contributed by atoms with van der Waals surface area (Å²) in [4.78, 5) is 3.97. The molecule has 35 heavy (non-hydrogen) atoms. The Morgan fingerprint density at radius 1 is 1.09 bits per heavy atom. The Hall–Kier alpha value is -4.19. The highest BCUT2D eigenvalue weighted by molar-refractivity contribution is 5.63. The molecule has 12 nitrogen and oxygen atoms in total. The van der Waals surface area contributed by atoms with E-state index in [1.165, 1.54) is 0 Å². The Bertz CT molecular complexity index is 1380. The SMILES string of the molecule is COc1c2c(cc3c1[C@@H](c1nnnn1-c1ccc(-c4nnc(N(C)C)o4)cc1)N(C)CC3)OCO2. The smallest absolute Gasteiger partial charge is 0.317 e.